The van der Waals surface area contributed by atoms with Gasteiger partial charge in [0, 0.05) is 6.04 Å². The molecule has 2 N–H and O–H groups in total. The molecule has 1 aliphatic carbocycles. The molecule has 84 valence electrons. The minimum absolute atomic E-state index is 0.128. The molecule has 0 aliphatic heterocycles. The second kappa shape index (κ2) is 3.61. The molecule has 0 radical (unpaired) electrons. The first-order valence-electron chi connectivity index (χ1n) is 5.75. The monoisotopic (exact) mass is 214 g/mol. The van der Waals surface area contributed by atoms with Crippen molar-refractivity contribution in [2.24, 2.45) is 11.1 Å². The van der Waals surface area contributed by atoms with Crippen molar-refractivity contribution < 1.29 is 0 Å². The molecule has 2 rings (SSSR count). The number of nitrogens with zero attached hydrogens (tertiary/aromatic N) is 1. The van der Waals surface area contributed by atoms with E-state index < -0.39 is 0 Å². The SMILES string of the molecule is Cc1ccc(C(N)C2(C#N)CC2)c(C)c1C. The fourth-order valence-electron chi connectivity index (χ4n) is 2.24. The van der Waals surface area contributed by atoms with Crippen molar-refractivity contribution in [2.75, 3.05) is 0 Å². The van der Waals surface area contributed by atoms with Gasteiger partial charge >= 0.3 is 0 Å². The molecule has 0 saturated heterocycles. The van der Waals surface area contributed by atoms with Crippen molar-refractivity contribution in [1.29, 1.82) is 5.26 Å². The van der Waals surface area contributed by atoms with Crippen LogP contribution in [0.3, 0.4) is 0 Å². The van der Waals surface area contributed by atoms with E-state index in [-0.39, 0.29) is 11.5 Å². The van der Waals surface area contributed by atoms with Crippen molar-refractivity contribution in [3.8, 4) is 6.07 Å². The third-order valence-electron chi connectivity index (χ3n) is 4.04. The molecule has 2 heteroatoms. The zero-order valence-electron chi connectivity index (χ0n) is 10.2. The van der Waals surface area contributed by atoms with E-state index in [2.05, 4.69) is 39.0 Å². The van der Waals surface area contributed by atoms with Gasteiger partial charge in [-0.25, -0.2) is 0 Å². The van der Waals surface area contributed by atoms with Crippen molar-refractivity contribution in [3.63, 3.8) is 0 Å². The van der Waals surface area contributed by atoms with E-state index in [1.807, 2.05) is 0 Å². The third kappa shape index (κ3) is 1.52. The van der Waals surface area contributed by atoms with Crippen LogP contribution < -0.4 is 5.73 Å². The van der Waals surface area contributed by atoms with E-state index in [1.54, 1.807) is 0 Å². The summed E-state index contributed by atoms with van der Waals surface area (Å²) >= 11 is 0. The van der Waals surface area contributed by atoms with Gasteiger partial charge in [-0.2, -0.15) is 5.26 Å². The van der Waals surface area contributed by atoms with Crippen LogP contribution in [0, 0.1) is 37.5 Å². The highest BCUT2D eigenvalue weighted by Gasteiger charge is 2.49. The zero-order valence-corrected chi connectivity index (χ0v) is 10.2. The van der Waals surface area contributed by atoms with E-state index in [1.165, 1.54) is 16.7 Å². The fourth-order valence-corrected chi connectivity index (χ4v) is 2.24. The van der Waals surface area contributed by atoms with Crippen LogP contribution in [0.4, 0.5) is 0 Å². The summed E-state index contributed by atoms with van der Waals surface area (Å²) in [5.41, 5.74) is 10.9. The quantitative estimate of drug-likeness (QED) is 0.823. The summed E-state index contributed by atoms with van der Waals surface area (Å²) in [6.07, 6.45) is 1.88. The highest BCUT2D eigenvalue weighted by molar-refractivity contribution is 5.42. The number of aryl methyl sites for hydroxylation is 1. The number of benzene rings is 1. The Labute approximate surface area is 97.1 Å². The van der Waals surface area contributed by atoms with Gasteiger partial charge in [-0.05, 0) is 55.9 Å². The Morgan fingerprint density at radius 3 is 2.38 bits per heavy atom. The van der Waals surface area contributed by atoms with Crippen LogP contribution in [-0.2, 0) is 0 Å². The molecule has 1 atom stereocenters. The number of hydrogen-bond acceptors (Lipinski definition) is 2. The summed E-state index contributed by atoms with van der Waals surface area (Å²) in [7, 11) is 0. The first kappa shape index (κ1) is 11.2. The lowest BCUT2D eigenvalue weighted by Gasteiger charge is -2.21. The second-order valence-electron chi connectivity index (χ2n) is 4.97. The van der Waals surface area contributed by atoms with E-state index in [0.29, 0.717) is 0 Å². The summed E-state index contributed by atoms with van der Waals surface area (Å²) in [6, 6.07) is 6.44. The Balaban J connectivity index is 2.43. The standard InChI is InChI=1S/C14H18N2/c1-9-4-5-12(11(3)10(9)2)13(16)14(8-15)6-7-14/h4-5,13H,6-7,16H2,1-3H3. The van der Waals surface area contributed by atoms with Gasteiger partial charge in [0.05, 0.1) is 11.5 Å². The summed E-state index contributed by atoms with van der Waals surface area (Å²) < 4.78 is 0. The van der Waals surface area contributed by atoms with Gasteiger partial charge in [0.25, 0.3) is 0 Å². The van der Waals surface area contributed by atoms with Crippen LogP contribution in [0.1, 0.15) is 41.1 Å². The summed E-state index contributed by atoms with van der Waals surface area (Å²) in [5.74, 6) is 0. The Hall–Kier alpha value is -1.33. The highest BCUT2D eigenvalue weighted by Crippen LogP contribution is 2.53. The van der Waals surface area contributed by atoms with Crippen molar-refractivity contribution in [3.05, 3.63) is 34.4 Å². The average molecular weight is 214 g/mol. The van der Waals surface area contributed by atoms with Crippen LogP contribution in [0.25, 0.3) is 0 Å². The maximum Gasteiger partial charge on any atom is 0.0767 e. The van der Waals surface area contributed by atoms with Crippen LogP contribution >= 0.6 is 0 Å². The lowest BCUT2D eigenvalue weighted by molar-refractivity contribution is 0.517. The third-order valence-corrected chi connectivity index (χ3v) is 4.04. The molecule has 0 aromatic heterocycles. The molecule has 0 spiro atoms. The molecule has 16 heavy (non-hydrogen) atoms. The molecular formula is C14H18N2. The topological polar surface area (TPSA) is 49.8 Å². The summed E-state index contributed by atoms with van der Waals surface area (Å²) in [5, 5.41) is 9.17. The van der Waals surface area contributed by atoms with Gasteiger partial charge in [-0.3, -0.25) is 0 Å². The normalized spacial score (nSPS) is 18.9. The maximum absolute atomic E-state index is 9.17. The van der Waals surface area contributed by atoms with Crippen molar-refractivity contribution in [2.45, 2.75) is 39.7 Å². The fraction of sp³-hybridized carbons (Fsp3) is 0.500. The highest BCUT2D eigenvalue weighted by atomic mass is 14.7. The number of nitriles is 1. The number of nitrogens with two attached hydrogens (primary N) is 1. The van der Waals surface area contributed by atoms with Crippen molar-refractivity contribution in [1.82, 2.24) is 0 Å². The first-order valence-corrected chi connectivity index (χ1v) is 5.75. The van der Waals surface area contributed by atoms with Crippen LogP contribution in [0.2, 0.25) is 0 Å². The van der Waals surface area contributed by atoms with E-state index >= 15 is 0 Å². The van der Waals surface area contributed by atoms with Crippen molar-refractivity contribution >= 4 is 0 Å². The molecule has 1 aromatic rings. The molecule has 1 fully saturated rings. The molecule has 0 bridgehead atoms. The van der Waals surface area contributed by atoms with Gasteiger partial charge in [-0.15, -0.1) is 0 Å². The van der Waals surface area contributed by atoms with E-state index in [9.17, 15) is 5.26 Å². The molecule has 0 amide bonds. The largest absolute Gasteiger partial charge is 0.323 e. The lowest BCUT2D eigenvalue weighted by atomic mass is 9.87. The van der Waals surface area contributed by atoms with Gasteiger partial charge in [-0.1, -0.05) is 12.1 Å². The molecule has 1 unspecified atom stereocenters. The van der Waals surface area contributed by atoms with Crippen LogP contribution in [0.5, 0.6) is 0 Å². The van der Waals surface area contributed by atoms with E-state index in [0.717, 1.165) is 18.4 Å². The average Bonchev–Trinajstić information content (AvgIpc) is 3.06. The Kier molecular flexibility index (Phi) is 2.52. The van der Waals surface area contributed by atoms with Crippen LogP contribution in [0.15, 0.2) is 12.1 Å². The van der Waals surface area contributed by atoms with Crippen LogP contribution in [-0.4, -0.2) is 0 Å². The summed E-state index contributed by atoms with van der Waals surface area (Å²) in [4.78, 5) is 0. The Morgan fingerprint density at radius 1 is 1.25 bits per heavy atom. The predicted molar refractivity (Wildman–Crippen MR) is 64.9 cm³/mol. The number of rotatable bonds is 2. The summed E-state index contributed by atoms with van der Waals surface area (Å²) in [6.45, 7) is 6.33. The number of hydrogen-bond donors (Lipinski definition) is 1. The molecule has 1 aromatic carbocycles. The van der Waals surface area contributed by atoms with Gasteiger partial charge in [0.1, 0.15) is 0 Å². The molecule has 1 saturated carbocycles. The van der Waals surface area contributed by atoms with Gasteiger partial charge < -0.3 is 5.73 Å². The minimum atomic E-state index is -0.285. The Morgan fingerprint density at radius 2 is 1.88 bits per heavy atom. The maximum atomic E-state index is 9.17. The second-order valence-corrected chi connectivity index (χ2v) is 4.97. The molecule has 2 nitrogen and oxygen atoms in total. The van der Waals surface area contributed by atoms with Gasteiger partial charge in [0.15, 0.2) is 0 Å². The first-order chi connectivity index (χ1) is 7.52. The van der Waals surface area contributed by atoms with Gasteiger partial charge in [0.2, 0.25) is 0 Å². The van der Waals surface area contributed by atoms with E-state index in [4.69, 9.17) is 5.73 Å². The molecule has 1 aliphatic rings. The zero-order chi connectivity index (χ0) is 11.9. The molecular weight excluding hydrogens is 196 g/mol. The lowest BCUT2D eigenvalue weighted by Crippen LogP contribution is -2.22. The molecule has 0 heterocycles. The minimum Gasteiger partial charge on any atom is -0.323 e. The Bertz CT molecular complexity index is 464. The predicted octanol–water partition coefficient (Wildman–Crippen LogP) is 2.92. The smallest absolute Gasteiger partial charge is 0.0767 e.